The summed E-state index contributed by atoms with van der Waals surface area (Å²) in [4.78, 5) is 6.91. The summed E-state index contributed by atoms with van der Waals surface area (Å²) in [6.45, 7) is 2.01. The van der Waals surface area contributed by atoms with Crippen LogP contribution in [0.25, 0.3) is 5.65 Å². The van der Waals surface area contributed by atoms with Crippen LogP contribution in [0.3, 0.4) is 0 Å². The van der Waals surface area contributed by atoms with Crippen LogP contribution in [-0.4, -0.2) is 27.7 Å². The highest BCUT2D eigenvalue weighted by atomic mass is 15.3. The minimum Gasteiger partial charge on any atom is -0.356 e. The number of para-hydroxylation sites is 1. The van der Waals surface area contributed by atoms with E-state index in [1.54, 1.807) is 10.7 Å². The van der Waals surface area contributed by atoms with Crippen LogP contribution >= 0.6 is 0 Å². The maximum absolute atomic E-state index is 9.28. The Morgan fingerprint density at radius 3 is 2.65 bits per heavy atom. The molecule has 3 aromatic rings. The van der Waals surface area contributed by atoms with Crippen LogP contribution in [0, 0.1) is 11.3 Å². The average Bonchev–Trinajstić information content (AvgIpc) is 3.25. The molecule has 3 heterocycles. The minimum absolute atomic E-state index is 0.488. The quantitative estimate of drug-likeness (QED) is 0.805. The van der Waals surface area contributed by atoms with E-state index in [1.807, 2.05) is 36.4 Å². The van der Waals surface area contributed by atoms with Gasteiger partial charge in [-0.1, -0.05) is 18.2 Å². The SMILES string of the molecule is N#Cc1cnn2c(Nc3ccccc3)cc(N3CCCC3)nc12. The van der Waals surface area contributed by atoms with Gasteiger partial charge in [0, 0.05) is 24.8 Å². The normalized spacial score (nSPS) is 14.1. The first kappa shape index (κ1) is 13.6. The molecule has 4 rings (SSSR count). The predicted octanol–water partition coefficient (Wildman–Crippen LogP) is 2.94. The molecule has 1 fully saturated rings. The van der Waals surface area contributed by atoms with Crippen LogP contribution in [0.1, 0.15) is 18.4 Å². The highest BCUT2D eigenvalue weighted by Crippen LogP contribution is 2.26. The lowest BCUT2D eigenvalue weighted by Crippen LogP contribution is -2.20. The van der Waals surface area contributed by atoms with E-state index in [2.05, 4.69) is 26.4 Å². The smallest absolute Gasteiger partial charge is 0.177 e. The second-order valence-corrected chi connectivity index (χ2v) is 5.59. The zero-order valence-corrected chi connectivity index (χ0v) is 12.6. The number of nitrogens with one attached hydrogen (secondary N) is 1. The average molecular weight is 304 g/mol. The molecule has 0 bridgehead atoms. The fraction of sp³-hybridized carbons (Fsp3) is 0.235. The number of fused-ring (bicyclic) bond motifs is 1. The molecule has 6 nitrogen and oxygen atoms in total. The molecule has 1 saturated heterocycles. The topological polar surface area (TPSA) is 69.2 Å². The minimum atomic E-state index is 0.488. The van der Waals surface area contributed by atoms with Crippen molar-refractivity contribution in [2.45, 2.75) is 12.8 Å². The Morgan fingerprint density at radius 2 is 1.91 bits per heavy atom. The first-order valence-electron chi connectivity index (χ1n) is 7.71. The van der Waals surface area contributed by atoms with Gasteiger partial charge in [0.2, 0.25) is 0 Å². The highest BCUT2D eigenvalue weighted by molar-refractivity contribution is 5.67. The predicted molar refractivity (Wildman–Crippen MR) is 88.9 cm³/mol. The van der Waals surface area contributed by atoms with E-state index in [9.17, 15) is 5.26 Å². The molecule has 0 spiro atoms. The fourth-order valence-electron chi connectivity index (χ4n) is 2.90. The van der Waals surface area contributed by atoms with Crippen LogP contribution < -0.4 is 10.2 Å². The molecule has 1 aliphatic heterocycles. The number of nitriles is 1. The Kier molecular flexibility index (Phi) is 3.31. The van der Waals surface area contributed by atoms with Crippen molar-refractivity contribution in [2.75, 3.05) is 23.3 Å². The summed E-state index contributed by atoms with van der Waals surface area (Å²) in [5.41, 5.74) is 2.05. The summed E-state index contributed by atoms with van der Waals surface area (Å²) >= 11 is 0. The summed E-state index contributed by atoms with van der Waals surface area (Å²) in [6, 6.07) is 14.1. The first-order valence-corrected chi connectivity index (χ1v) is 7.71. The Hall–Kier alpha value is -3.07. The molecule has 0 aliphatic carbocycles. The van der Waals surface area contributed by atoms with Crippen molar-refractivity contribution in [2.24, 2.45) is 0 Å². The van der Waals surface area contributed by atoms with E-state index in [0.29, 0.717) is 11.2 Å². The van der Waals surface area contributed by atoms with Gasteiger partial charge < -0.3 is 10.2 Å². The molecule has 0 unspecified atom stereocenters. The highest BCUT2D eigenvalue weighted by Gasteiger charge is 2.18. The van der Waals surface area contributed by atoms with Gasteiger partial charge in [0.15, 0.2) is 5.65 Å². The van der Waals surface area contributed by atoms with Gasteiger partial charge in [0.1, 0.15) is 23.3 Å². The molecule has 114 valence electrons. The Bertz CT molecular complexity index is 871. The maximum atomic E-state index is 9.28. The molecule has 1 aromatic carbocycles. The molecule has 0 atom stereocenters. The van der Waals surface area contributed by atoms with E-state index in [1.165, 1.54) is 12.8 Å². The van der Waals surface area contributed by atoms with Crippen LogP contribution in [0.2, 0.25) is 0 Å². The van der Waals surface area contributed by atoms with Gasteiger partial charge in [-0.25, -0.2) is 4.98 Å². The van der Waals surface area contributed by atoms with Gasteiger partial charge in [-0.2, -0.15) is 14.9 Å². The molecule has 2 aromatic heterocycles. The zero-order chi connectivity index (χ0) is 15.6. The third-order valence-corrected chi connectivity index (χ3v) is 4.05. The molecule has 6 heteroatoms. The van der Waals surface area contributed by atoms with Crippen molar-refractivity contribution in [1.29, 1.82) is 5.26 Å². The number of aromatic nitrogens is 3. The monoisotopic (exact) mass is 304 g/mol. The Balaban J connectivity index is 1.84. The van der Waals surface area contributed by atoms with E-state index < -0.39 is 0 Å². The summed E-state index contributed by atoms with van der Waals surface area (Å²) in [7, 11) is 0. The zero-order valence-electron chi connectivity index (χ0n) is 12.6. The Labute approximate surface area is 134 Å². The van der Waals surface area contributed by atoms with E-state index in [-0.39, 0.29) is 0 Å². The second kappa shape index (κ2) is 5.61. The molecule has 0 radical (unpaired) electrons. The van der Waals surface area contributed by atoms with Crippen molar-refractivity contribution in [3.63, 3.8) is 0 Å². The van der Waals surface area contributed by atoms with Crippen molar-refractivity contribution in [3.05, 3.63) is 48.2 Å². The standard InChI is InChI=1S/C17H16N6/c18-11-13-12-19-23-16(20-14-6-2-1-3-7-14)10-15(21-17(13)23)22-8-4-5-9-22/h1-3,6-7,10,12,20H,4-5,8-9H2. The number of anilines is 3. The van der Waals surface area contributed by atoms with Crippen molar-refractivity contribution >= 4 is 23.0 Å². The fourth-order valence-corrected chi connectivity index (χ4v) is 2.90. The van der Waals surface area contributed by atoms with Gasteiger partial charge in [-0.3, -0.25) is 0 Å². The summed E-state index contributed by atoms with van der Waals surface area (Å²) in [5.74, 6) is 1.70. The Morgan fingerprint density at radius 1 is 1.13 bits per heavy atom. The lowest BCUT2D eigenvalue weighted by molar-refractivity contribution is 0.904. The molecule has 0 amide bonds. The van der Waals surface area contributed by atoms with E-state index in [4.69, 9.17) is 0 Å². The third kappa shape index (κ3) is 2.46. The van der Waals surface area contributed by atoms with Crippen LogP contribution in [0.5, 0.6) is 0 Å². The van der Waals surface area contributed by atoms with Crippen molar-refractivity contribution in [1.82, 2.24) is 14.6 Å². The lowest BCUT2D eigenvalue weighted by Gasteiger charge is -2.18. The first-order chi connectivity index (χ1) is 11.3. The van der Waals surface area contributed by atoms with Crippen LogP contribution in [-0.2, 0) is 0 Å². The van der Waals surface area contributed by atoms with Crippen molar-refractivity contribution in [3.8, 4) is 6.07 Å². The van der Waals surface area contributed by atoms with Crippen LogP contribution in [0.15, 0.2) is 42.6 Å². The summed E-state index contributed by atoms with van der Waals surface area (Å²) in [5, 5.41) is 17.0. The van der Waals surface area contributed by atoms with Gasteiger partial charge in [0.25, 0.3) is 0 Å². The van der Waals surface area contributed by atoms with Gasteiger partial charge in [-0.15, -0.1) is 0 Å². The molecule has 1 aliphatic rings. The lowest BCUT2D eigenvalue weighted by atomic mass is 10.3. The van der Waals surface area contributed by atoms with Crippen LogP contribution in [0.4, 0.5) is 17.3 Å². The number of benzene rings is 1. The van der Waals surface area contributed by atoms with E-state index >= 15 is 0 Å². The molecular weight excluding hydrogens is 288 g/mol. The van der Waals surface area contributed by atoms with Gasteiger partial charge in [-0.05, 0) is 25.0 Å². The van der Waals surface area contributed by atoms with Gasteiger partial charge in [0.05, 0.1) is 6.20 Å². The molecular formula is C17H16N6. The number of rotatable bonds is 3. The number of hydrogen-bond donors (Lipinski definition) is 1. The molecule has 23 heavy (non-hydrogen) atoms. The summed E-state index contributed by atoms with van der Waals surface area (Å²) in [6.07, 6.45) is 3.92. The maximum Gasteiger partial charge on any atom is 0.177 e. The van der Waals surface area contributed by atoms with E-state index in [0.717, 1.165) is 30.4 Å². The largest absolute Gasteiger partial charge is 0.356 e. The molecule has 0 saturated carbocycles. The molecule has 1 N–H and O–H groups in total. The number of nitrogens with zero attached hydrogens (tertiary/aromatic N) is 5. The third-order valence-electron chi connectivity index (χ3n) is 4.05. The second-order valence-electron chi connectivity index (χ2n) is 5.59. The van der Waals surface area contributed by atoms with Gasteiger partial charge >= 0.3 is 0 Å². The number of hydrogen-bond acceptors (Lipinski definition) is 5. The van der Waals surface area contributed by atoms with Crippen molar-refractivity contribution < 1.29 is 0 Å². The summed E-state index contributed by atoms with van der Waals surface area (Å²) < 4.78 is 1.69.